The van der Waals surface area contributed by atoms with Crippen molar-refractivity contribution in [2.45, 2.75) is 25.5 Å². The minimum Gasteiger partial charge on any atom is -0.480 e. The zero-order valence-electron chi connectivity index (χ0n) is 7.40. The van der Waals surface area contributed by atoms with Gasteiger partial charge in [-0.05, 0) is 6.92 Å². The molecule has 0 unspecified atom stereocenters. The minimum atomic E-state index is -1.20. The number of nitrogens with two attached hydrogens (primary N) is 2. The molecule has 0 aliphatic carbocycles. The lowest BCUT2D eigenvalue weighted by molar-refractivity contribution is -0.153. The van der Waals surface area contributed by atoms with Crippen LogP contribution in [0.3, 0.4) is 0 Å². The number of carbonyl (C=O) groups excluding carboxylic acids is 1. The molecule has 6 heteroatoms. The SMILES string of the molecule is C[C@@H](OC(=O)CCN)[C@H](N)C(=O)O. The third-order valence-corrected chi connectivity index (χ3v) is 1.46. The second-order valence-electron chi connectivity index (χ2n) is 2.60. The first-order valence-electron chi connectivity index (χ1n) is 3.87. The molecule has 0 bridgehead atoms. The smallest absolute Gasteiger partial charge is 0.324 e. The Balaban J connectivity index is 3.92. The molecule has 0 rings (SSSR count). The highest BCUT2D eigenvalue weighted by Crippen LogP contribution is 1.98. The molecule has 0 heterocycles. The first-order valence-corrected chi connectivity index (χ1v) is 3.87. The Morgan fingerprint density at radius 2 is 2.08 bits per heavy atom. The molecule has 0 radical (unpaired) electrons. The van der Waals surface area contributed by atoms with Gasteiger partial charge in [0.25, 0.3) is 0 Å². The van der Waals surface area contributed by atoms with E-state index in [9.17, 15) is 9.59 Å². The molecule has 0 aromatic rings. The summed E-state index contributed by atoms with van der Waals surface area (Å²) in [5.74, 6) is -1.74. The zero-order valence-corrected chi connectivity index (χ0v) is 7.40. The Morgan fingerprint density at radius 3 is 2.46 bits per heavy atom. The molecular weight excluding hydrogens is 176 g/mol. The first-order chi connectivity index (χ1) is 5.99. The minimum absolute atomic E-state index is 0.0661. The fourth-order valence-corrected chi connectivity index (χ4v) is 0.658. The van der Waals surface area contributed by atoms with Crippen LogP contribution in [0.4, 0.5) is 0 Å². The number of ether oxygens (including phenoxy) is 1. The lowest BCUT2D eigenvalue weighted by atomic mass is 10.2. The maximum Gasteiger partial charge on any atom is 0.324 e. The summed E-state index contributed by atoms with van der Waals surface area (Å²) in [7, 11) is 0. The van der Waals surface area contributed by atoms with Crippen LogP contribution in [0.25, 0.3) is 0 Å². The van der Waals surface area contributed by atoms with Gasteiger partial charge in [0, 0.05) is 6.54 Å². The van der Waals surface area contributed by atoms with Gasteiger partial charge in [-0.1, -0.05) is 0 Å². The second kappa shape index (κ2) is 5.50. The summed E-state index contributed by atoms with van der Waals surface area (Å²) in [4.78, 5) is 21.2. The molecule has 76 valence electrons. The van der Waals surface area contributed by atoms with Crippen LogP contribution in [-0.2, 0) is 14.3 Å². The van der Waals surface area contributed by atoms with Gasteiger partial charge < -0.3 is 21.3 Å². The van der Waals surface area contributed by atoms with Crippen LogP contribution in [0.1, 0.15) is 13.3 Å². The third kappa shape index (κ3) is 4.44. The molecular formula is C7H14N2O4. The van der Waals surface area contributed by atoms with Crippen molar-refractivity contribution in [3.8, 4) is 0 Å². The van der Waals surface area contributed by atoms with Crippen LogP contribution in [0.5, 0.6) is 0 Å². The lowest BCUT2D eigenvalue weighted by Gasteiger charge is -2.16. The maximum atomic E-state index is 10.8. The predicted molar refractivity (Wildman–Crippen MR) is 44.8 cm³/mol. The molecule has 0 amide bonds. The van der Waals surface area contributed by atoms with Gasteiger partial charge in [0.2, 0.25) is 0 Å². The molecule has 0 saturated heterocycles. The van der Waals surface area contributed by atoms with Gasteiger partial charge in [0.05, 0.1) is 6.42 Å². The zero-order chi connectivity index (χ0) is 10.4. The van der Waals surface area contributed by atoms with Gasteiger partial charge >= 0.3 is 11.9 Å². The van der Waals surface area contributed by atoms with Gasteiger partial charge in [-0.15, -0.1) is 0 Å². The molecule has 0 aromatic heterocycles. The molecule has 5 N–H and O–H groups in total. The Bertz CT molecular complexity index is 195. The maximum absolute atomic E-state index is 10.8. The van der Waals surface area contributed by atoms with E-state index in [2.05, 4.69) is 4.74 Å². The van der Waals surface area contributed by atoms with Crippen molar-refractivity contribution in [3.63, 3.8) is 0 Å². The average molecular weight is 190 g/mol. The van der Waals surface area contributed by atoms with E-state index in [0.717, 1.165) is 0 Å². The highest BCUT2D eigenvalue weighted by atomic mass is 16.5. The van der Waals surface area contributed by atoms with Crippen LogP contribution in [0.2, 0.25) is 0 Å². The Kier molecular flexibility index (Phi) is 5.01. The Labute approximate surface area is 75.8 Å². The summed E-state index contributed by atoms with van der Waals surface area (Å²) in [6, 6.07) is -1.19. The quantitative estimate of drug-likeness (QED) is 0.463. The van der Waals surface area contributed by atoms with Crippen LogP contribution in [-0.4, -0.2) is 35.7 Å². The number of esters is 1. The molecule has 0 fully saturated rings. The normalized spacial score (nSPS) is 14.7. The van der Waals surface area contributed by atoms with Gasteiger partial charge in [0.15, 0.2) is 0 Å². The van der Waals surface area contributed by atoms with Crippen molar-refractivity contribution in [2.75, 3.05) is 6.54 Å². The van der Waals surface area contributed by atoms with E-state index in [1.165, 1.54) is 6.92 Å². The number of hydrogen-bond acceptors (Lipinski definition) is 5. The molecule has 13 heavy (non-hydrogen) atoms. The molecule has 0 saturated carbocycles. The number of carbonyl (C=O) groups is 2. The third-order valence-electron chi connectivity index (χ3n) is 1.46. The van der Waals surface area contributed by atoms with Crippen molar-refractivity contribution < 1.29 is 19.4 Å². The molecule has 6 nitrogen and oxygen atoms in total. The van der Waals surface area contributed by atoms with Crippen LogP contribution >= 0.6 is 0 Å². The summed E-state index contributed by atoms with van der Waals surface area (Å²) in [5.41, 5.74) is 10.3. The number of carboxylic acids is 1. The lowest BCUT2D eigenvalue weighted by Crippen LogP contribution is -2.42. The van der Waals surface area contributed by atoms with Gasteiger partial charge in [-0.2, -0.15) is 0 Å². The van der Waals surface area contributed by atoms with Crippen LogP contribution < -0.4 is 11.5 Å². The Morgan fingerprint density at radius 1 is 1.54 bits per heavy atom. The topological polar surface area (TPSA) is 116 Å². The highest BCUT2D eigenvalue weighted by Gasteiger charge is 2.22. The van der Waals surface area contributed by atoms with Gasteiger partial charge in [-0.3, -0.25) is 9.59 Å². The van der Waals surface area contributed by atoms with E-state index in [1.54, 1.807) is 0 Å². The average Bonchev–Trinajstić information content (AvgIpc) is 2.03. The van der Waals surface area contributed by atoms with E-state index < -0.39 is 24.1 Å². The molecule has 0 aromatic carbocycles. The first kappa shape index (κ1) is 11.9. The molecule has 0 spiro atoms. The summed E-state index contributed by atoms with van der Waals surface area (Å²) in [6.45, 7) is 1.60. The Hall–Kier alpha value is -1.14. The van der Waals surface area contributed by atoms with Crippen LogP contribution in [0, 0.1) is 0 Å². The predicted octanol–water partition coefficient (Wildman–Crippen LogP) is -1.32. The van der Waals surface area contributed by atoms with Gasteiger partial charge in [-0.25, -0.2) is 0 Å². The van der Waals surface area contributed by atoms with E-state index in [0.29, 0.717) is 0 Å². The fourth-order valence-electron chi connectivity index (χ4n) is 0.658. The largest absolute Gasteiger partial charge is 0.480 e. The standard InChI is InChI=1S/C7H14N2O4/c1-4(6(9)7(11)12)13-5(10)2-3-8/h4,6H,2-3,8-9H2,1H3,(H,11,12)/t4-,6+/m1/s1. The number of aliphatic carboxylic acids is 1. The number of rotatable bonds is 5. The van der Waals surface area contributed by atoms with E-state index in [-0.39, 0.29) is 13.0 Å². The summed E-state index contributed by atoms with van der Waals surface area (Å²) in [6.07, 6.45) is -0.770. The van der Waals surface area contributed by atoms with Crippen LogP contribution in [0.15, 0.2) is 0 Å². The molecule has 0 aliphatic heterocycles. The monoisotopic (exact) mass is 190 g/mol. The number of carboxylic acid groups (broad SMARTS) is 1. The van der Waals surface area contributed by atoms with Crippen molar-refractivity contribution in [1.29, 1.82) is 0 Å². The molecule has 2 atom stereocenters. The van der Waals surface area contributed by atoms with E-state index in [1.807, 2.05) is 0 Å². The second-order valence-corrected chi connectivity index (χ2v) is 2.60. The van der Waals surface area contributed by atoms with Crippen molar-refractivity contribution >= 4 is 11.9 Å². The van der Waals surface area contributed by atoms with E-state index >= 15 is 0 Å². The van der Waals surface area contributed by atoms with E-state index in [4.69, 9.17) is 16.6 Å². The fraction of sp³-hybridized carbons (Fsp3) is 0.714. The van der Waals surface area contributed by atoms with Crippen molar-refractivity contribution in [1.82, 2.24) is 0 Å². The molecule has 0 aliphatic rings. The van der Waals surface area contributed by atoms with Crippen molar-refractivity contribution in [3.05, 3.63) is 0 Å². The highest BCUT2D eigenvalue weighted by molar-refractivity contribution is 5.75. The van der Waals surface area contributed by atoms with Gasteiger partial charge in [0.1, 0.15) is 12.1 Å². The van der Waals surface area contributed by atoms with Crippen molar-refractivity contribution in [2.24, 2.45) is 11.5 Å². The summed E-state index contributed by atoms with van der Waals surface area (Å²) >= 11 is 0. The number of hydrogen-bond donors (Lipinski definition) is 3. The summed E-state index contributed by atoms with van der Waals surface area (Å²) < 4.78 is 4.69. The summed E-state index contributed by atoms with van der Waals surface area (Å²) in [5, 5.41) is 8.45.